The maximum absolute atomic E-state index is 6.13. The molecule has 1 aliphatic heterocycles. The first-order valence-corrected chi connectivity index (χ1v) is 6.59. The third kappa shape index (κ3) is 2.79. The van der Waals surface area contributed by atoms with Crippen molar-refractivity contribution in [1.29, 1.82) is 0 Å². The van der Waals surface area contributed by atoms with Crippen LogP contribution in [0.3, 0.4) is 0 Å². The molecule has 1 aromatic heterocycles. The molecule has 1 N–H and O–H groups in total. The van der Waals surface area contributed by atoms with Gasteiger partial charge >= 0.3 is 0 Å². The molecule has 0 unspecified atom stereocenters. The van der Waals surface area contributed by atoms with Crippen LogP contribution in [0.1, 0.15) is 25.1 Å². The molecular formula is C15H19N3O. The highest BCUT2D eigenvalue weighted by atomic mass is 16.5. The number of fused-ring (bicyclic) bond motifs is 1. The fourth-order valence-electron chi connectivity index (χ4n) is 2.62. The molecule has 0 fully saturated rings. The van der Waals surface area contributed by atoms with Crippen LogP contribution in [-0.4, -0.2) is 27.0 Å². The Kier molecular flexibility index (Phi) is 3.03. The predicted octanol–water partition coefficient (Wildman–Crippen LogP) is 2.58. The Labute approximate surface area is 113 Å². The molecule has 2 aromatic rings. The average molecular weight is 257 g/mol. The lowest BCUT2D eigenvalue weighted by Crippen LogP contribution is -2.40. The van der Waals surface area contributed by atoms with Gasteiger partial charge in [0.05, 0.1) is 6.33 Å². The number of H-pyrrole nitrogens is 1. The molecule has 19 heavy (non-hydrogen) atoms. The molecule has 0 atom stereocenters. The molecule has 2 heterocycles. The Morgan fingerprint density at radius 3 is 3.00 bits per heavy atom. The maximum atomic E-state index is 6.13. The SMILES string of the molecule is CC1(C)CN(Cc2cnc[nH]2)Cc2ccccc2O1. The molecule has 0 saturated heterocycles. The van der Waals surface area contributed by atoms with E-state index in [4.69, 9.17) is 4.74 Å². The number of aromatic amines is 1. The summed E-state index contributed by atoms with van der Waals surface area (Å²) < 4.78 is 6.13. The lowest BCUT2D eigenvalue weighted by Gasteiger charge is -2.29. The Morgan fingerprint density at radius 1 is 1.37 bits per heavy atom. The topological polar surface area (TPSA) is 41.2 Å². The quantitative estimate of drug-likeness (QED) is 0.899. The molecule has 1 aromatic carbocycles. The van der Waals surface area contributed by atoms with Crippen molar-refractivity contribution in [2.45, 2.75) is 32.5 Å². The van der Waals surface area contributed by atoms with Gasteiger partial charge in [-0.2, -0.15) is 0 Å². The molecule has 3 rings (SSSR count). The summed E-state index contributed by atoms with van der Waals surface area (Å²) in [5, 5.41) is 0. The standard InChI is InChI=1S/C15H19N3O/c1-15(2)10-18(9-13-7-16-11-17-13)8-12-5-3-4-6-14(12)19-15/h3-7,11H,8-10H2,1-2H3,(H,16,17). The second-order valence-electron chi connectivity index (χ2n) is 5.69. The molecule has 0 spiro atoms. The van der Waals surface area contributed by atoms with Gasteiger partial charge in [0.25, 0.3) is 0 Å². The van der Waals surface area contributed by atoms with E-state index in [2.05, 4.69) is 46.9 Å². The highest BCUT2D eigenvalue weighted by Gasteiger charge is 2.28. The zero-order valence-electron chi connectivity index (χ0n) is 11.4. The fraction of sp³-hybridized carbons (Fsp3) is 0.400. The van der Waals surface area contributed by atoms with Crippen LogP contribution in [0.25, 0.3) is 0 Å². The minimum atomic E-state index is -0.188. The van der Waals surface area contributed by atoms with Crippen LogP contribution in [0.15, 0.2) is 36.8 Å². The Hall–Kier alpha value is -1.81. The third-order valence-corrected chi connectivity index (χ3v) is 3.31. The minimum Gasteiger partial charge on any atom is -0.486 e. The van der Waals surface area contributed by atoms with Crippen molar-refractivity contribution in [3.05, 3.63) is 48.0 Å². The number of rotatable bonds is 2. The normalized spacial score (nSPS) is 18.4. The van der Waals surface area contributed by atoms with E-state index in [9.17, 15) is 0 Å². The molecule has 4 nitrogen and oxygen atoms in total. The number of para-hydroxylation sites is 1. The number of ether oxygens (including phenoxy) is 1. The highest BCUT2D eigenvalue weighted by molar-refractivity contribution is 5.34. The van der Waals surface area contributed by atoms with E-state index in [1.807, 2.05) is 12.3 Å². The molecule has 0 radical (unpaired) electrons. The molecule has 100 valence electrons. The van der Waals surface area contributed by atoms with Gasteiger partial charge in [0.2, 0.25) is 0 Å². The molecule has 0 amide bonds. The zero-order valence-corrected chi connectivity index (χ0v) is 11.4. The first-order valence-electron chi connectivity index (χ1n) is 6.59. The first-order chi connectivity index (χ1) is 9.12. The van der Waals surface area contributed by atoms with E-state index < -0.39 is 0 Å². The van der Waals surface area contributed by atoms with Gasteiger partial charge < -0.3 is 9.72 Å². The Bertz CT molecular complexity index is 548. The van der Waals surface area contributed by atoms with Crippen LogP contribution in [0, 0.1) is 0 Å². The molecule has 0 saturated carbocycles. The van der Waals surface area contributed by atoms with Gasteiger partial charge in [-0.1, -0.05) is 18.2 Å². The van der Waals surface area contributed by atoms with Crippen molar-refractivity contribution in [2.24, 2.45) is 0 Å². The predicted molar refractivity (Wildman–Crippen MR) is 73.9 cm³/mol. The molecule has 0 aliphatic carbocycles. The van der Waals surface area contributed by atoms with Crippen LogP contribution in [-0.2, 0) is 13.1 Å². The first kappa shape index (κ1) is 12.2. The number of imidazole rings is 1. The summed E-state index contributed by atoms with van der Waals surface area (Å²) in [4.78, 5) is 9.63. The number of hydrogen-bond acceptors (Lipinski definition) is 3. The number of hydrogen-bond donors (Lipinski definition) is 1. The second-order valence-corrected chi connectivity index (χ2v) is 5.69. The number of aromatic nitrogens is 2. The second kappa shape index (κ2) is 4.70. The van der Waals surface area contributed by atoms with Crippen molar-refractivity contribution in [1.82, 2.24) is 14.9 Å². The minimum absolute atomic E-state index is 0.188. The third-order valence-electron chi connectivity index (χ3n) is 3.31. The van der Waals surface area contributed by atoms with Gasteiger partial charge in [-0.25, -0.2) is 4.98 Å². The average Bonchev–Trinajstić information content (AvgIpc) is 2.78. The van der Waals surface area contributed by atoms with E-state index in [-0.39, 0.29) is 5.60 Å². The fourth-order valence-corrected chi connectivity index (χ4v) is 2.62. The summed E-state index contributed by atoms with van der Waals surface area (Å²) >= 11 is 0. The number of benzene rings is 1. The summed E-state index contributed by atoms with van der Waals surface area (Å²) in [5.74, 6) is 1.000. The monoisotopic (exact) mass is 257 g/mol. The van der Waals surface area contributed by atoms with Gasteiger partial charge in [0, 0.05) is 37.1 Å². The summed E-state index contributed by atoms with van der Waals surface area (Å²) in [7, 11) is 0. The van der Waals surface area contributed by atoms with Crippen molar-refractivity contribution >= 4 is 0 Å². The van der Waals surface area contributed by atoms with Crippen LogP contribution in [0.2, 0.25) is 0 Å². The summed E-state index contributed by atoms with van der Waals surface area (Å²) in [5.41, 5.74) is 2.19. The van der Waals surface area contributed by atoms with E-state index in [1.54, 1.807) is 6.33 Å². The Morgan fingerprint density at radius 2 is 2.21 bits per heavy atom. The van der Waals surface area contributed by atoms with E-state index in [0.29, 0.717) is 0 Å². The van der Waals surface area contributed by atoms with Gasteiger partial charge in [0.1, 0.15) is 11.4 Å². The summed E-state index contributed by atoms with van der Waals surface area (Å²) in [6, 6.07) is 8.28. The Balaban J connectivity index is 1.86. The van der Waals surface area contributed by atoms with Crippen LogP contribution >= 0.6 is 0 Å². The molecule has 1 aliphatic rings. The van der Waals surface area contributed by atoms with Crippen LogP contribution in [0.4, 0.5) is 0 Å². The smallest absolute Gasteiger partial charge is 0.124 e. The lowest BCUT2D eigenvalue weighted by molar-refractivity contribution is 0.0678. The van der Waals surface area contributed by atoms with Gasteiger partial charge in [-0.05, 0) is 19.9 Å². The maximum Gasteiger partial charge on any atom is 0.124 e. The van der Waals surface area contributed by atoms with Crippen LogP contribution in [0.5, 0.6) is 5.75 Å². The summed E-state index contributed by atoms with van der Waals surface area (Å²) in [6.07, 6.45) is 3.60. The van der Waals surface area contributed by atoms with Crippen molar-refractivity contribution in [2.75, 3.05) is 6.54 Å². The highest BCUT2D eigenvalue weighted by Crippen LogP contribution is 2.29. The molecule has 0 bridgehead atoms. The number of nitrogens with zero attached hydrogens (tertiary/aromatic N) is 2. The number of nitrogens with one attached hydrogen (secondary N) is 1. The summed E-state index contributed by atoms with van der Waals surface area (Å²) in [6.45, 7) is 6.92. The largest absolute Gasteiger partial charge is 0.486 e. The van der Waals surface area contributed by atoms with Crippen molar-refractivity contribution in [3.8, 4) is 5.75 Å². The van der Waals surface area contributed by atoms with Crippen molar-refractivity contribution < 1.29 is 4.74 Å². The van der Waals surface area contributed by atoms with Crippen molar-refractivity contribution in [3.63, 3.8) is 0 Å². The van der Waals surface area contributed by atoms with Gasteiger partial charge in [-0.3, -0.25) is 4.90 Å². The molecule has 4 heteroatoms. The van der Waals surface area contributed by atoms with Crippen LogP contribution < -0.4 is 4.74 Å². The van der Waals surface area contributed by atoms with E-state index >= 15 is 0 Å². The van der Waals surface area contributed by atoms with E-state index in [1.165, 1.54) is 5.56 Å². The van der Waals surface area contributed by atoms with Gasteiger partial charge in [-0.15, -0.1) is 0 Å². The van der Waals surface area contributed by atoms with E-state index in [0.717, 1.165) is 31.1 Å². The van der Waals surface area contributed by atoms with Gasteiger partial charge in [0.15, 0.2) is 0 Å². The molecular weight excluding hydrogens is 238 g/mol. The lowest BCUT2D eigenvalue weighted by atomic mass is 10.1. The zero-order chi connectivity index (χ0) is 13.3.